The number of benzene rings is 2. The Hall–Kier alpha value is -1.80. The number of hydrazone groups is 1. The molecule has 0 spiro atoms. The molecule has 0 aliphatic rings. The van der Waals surface area contributed by atoms with Crippen molar-refractivity contribution in [2.45, 2.75) is 9.88 Å². The Morgan fingerprint density at radius 1 is 1.17 bits per heavy atom. The second kappa shape index (κ2) is 11.7. The Morgan fingerprint density at radius 2 is 1.83 bits per heavy atom. The number of nitrogens with one attached hydrogen (secondary N) is 1. The fourth-order valence-electron chi connectivity index (χ4n) is 1.60. The van der Waals surface area contributed by atoms with Crippen LogP contribution >= 0.6 is 0 Å². The molecule has 0 saturated heterocycles. The number of nitrogens with zero attached hydrogens (tertiary/aromatic N) is 2. The van der Waals surface area contributed by atoms with Gasteiger partial charge in [-0.15, -0.1) is 0 Å². The molecule has 0 heterocycles. The van der Waals surface area contributed by atoms with Crippen molar-refractivity contribution in [3.05, 3.63) is 54.1 Å². The van der Waals surface area contributed by atoms with Crippen LogP contribution in [-0.4, -0.2) is 39.6 Å². The summed E-state index contributed by atoms with van der Waals surface area (Å²) in [5.41, 5.74) is 3.74. The van der Waals surface area contributed by atoms with E-state index in [1.54, 1.807) is 18.2 Å². The van der Waals surface area contributed by atoms with Crippen LogP contribution in [0.25, 0.3) is 0 Å². The molecule has 0 saturated carbocycles. The van der Waals surface area contributed by atoms with Gasteiger partial charge in [-0.25, -0.2) is 0 Å². The van der Waals surface area contributed by atoms with Gasteiger partial charge >= 0.3 is 31.0 Å². The van der Waals surface area contributed by atoms with Crippen molar-refractivity contribution in [2.75, 3.05) is 7.11 Å². The zero-order chi connectivity index (χ0) is 17.8. The summed E-state index contributed by atoms with van der Waals surface area (Å²) in [5, 5.41) is 16.0. The van der Waals surface area contributed by atoms with Crippen LogP contribution in [-0.2, 0) is 12.6 Å². The Morgan fingerprint density at radius 3 is 2.46 bits per heavy atom. The first-order chi connectivity index (χ1) is 11.6. The van der Waals surface area contributed by atoms with Gasteiger partial charge in [-0.2, -0.15) is 5.10 Å². The maximum absolute atomic E-state index is 11.9. The van der Waals surface area contributed by atoms with Gasteiger partial charge in [0.2, 0.25) is 0 Å². The summed E-state index contributed by atoms with van der Waals surface area (Å²) in [6.45, 7) is 0. The van der Waals surface area contributed by atoms with E-state index >= 15 is 0 Å². The number of aliphatic imine (C=N–C) groups is 1. The molecule has 1 N–H and O–H groups in total. The summed E-state index contributed by atoms with van der Waals surface area (Å²) < 4.78 is 4.95. The third-order valence-corrected chi connectivity index (χ3v) is 2.76. The summed E-state index contributed by atoms with van der Waals surface area (Å²) in [4.78, 5) is 8.74. The van der Waals surface area contributed by atoms with Gasteiger partial charge in [0.1, 0.15) is 5.75 Å². The molecule has 0 amide bonds. The van der Waals surface area contributed by atoms with Crippen LogP contribution in [0.4, 0.5) is 5.69 Å². The molecule has 124 valence electrons. The van der Waals surface area contributed by atoms with Crippen molar-refractivity contribution in [2.24, 2.45) is 10.1 Å². The number of hydrogen-bond acceptors (Lipinski definition) is 5. The Kier molecular flexibility index (Phi) is 9.86. The normalized spacial score (nSPS) is 10.5. The third kappa shape index (κ3) is 7.18. The second-order valence-corrected chi connectivity index (χ2v) is 7.74. The summed E-state index contributed by atoms with van der Waals surface area (Å²) >= 11 is 5.27. The first-order valence-electron chi connectivity index (χ1n) is 7.14. The molecule has 2 aromatic carbocycles. The molecular weight excluding hydrogens is 429 g/mol. The molecular formula is C17H19N3O2SSn. The summed E-state index contributed by atoms with van der Waals surface area (Å²) in [6, 6.07) is 14.2. The maximum atomic E-state index is 11.9. The monoisotopic (exact) mass is 449 g/mol. The fraction of sp³-hybridized carbons (Fsp3) is 0.176. The first kappa shape index (κ1) is 20.2. The molecule has 2 rings (SSSR count). The van der Waals surface area contributed by atoms with Crippen LogP contribution in [0.5, 0.6) is 11.5 Å². The zero-order valence-electron chi connectivity index (χ0n) is 13.8. The van der Waals surface area contributed by atoms with E-state index < -0.39 is 0 Å². The molecule has 0 aromatic heterocycles. The molecule has 0 radical (unpaired) electrons. The number of ether oxygens (including phenoxy) is 1. The summed E-state index contributed by atoms with van der Waals surface area (Å²) in [5.74, 6) is 0.0481. The molecule has 0 aliphatic carbocycles. The topological polar surface area (TPSA) is 69.0 Å². The molecule has 7 heteroatoms. The van der Waals surface area contributed by atoms with Gasteiger partial charge in [0, 0.05) is 5.17 Å². The van der Waals surface area contributed by atoms with Gasteiger partial charge in [0.15, 0.2) is 0 Å². The summed E-state index contributed by atoms with van der Waals surface area (Å²) in [7, 11) is 1.45. The number of amidine groups is 1. The van der Waals surface area contributed by atoms with E-state index in [-0.39, 0.29) is 37.8 Å². The van der Waals surface area contributed by atoms with Gasteiger partial charge in [-0.05, 0) is 23.8 Å². The number of rotatable bonds is 4. The number of para-hydroxylation sites is 2. The SMILES string of the molecule is COc1cccc(/C=N/NC([S-])=Nc2ccccc2)c1[O-].[CH3][Sn+2][CH3]. The van der Waals surface area contributed by atoms with E-state index in [4.69, 9.17) is 17.4 Å². The van der Waals surface area contributed by atoms with Crippen LogP contribution in [0.3, 0.4) is 0 Å². The standard InChI is InChI=1S/C15H15N3O2S.2CH3.Sn/c1-20-13-9-5-6-11(14(13)19)10-16-18-15(21)17-12-7-3-2-4-8-12;;;/h2-10,19H,1H3,(H2,17,18,21);2*1H3;/q;;;+2/p-2/b16-10+;;;. The van der Waals surface area contributed by atoms with E-state index in [0.29, 0.717) is 5.56 Å². The van der Waals surface area contributed by atoms with Gasteiger partial charge in [0.25, 0.3) is 0 Å². The molecule has 2 aromatic rings. The van der Waals surface area contributed by atoms with Gasteiger partial charge < -0.3 is 22.5 Å². The minimum atomic E-state index is -0.225. The van der Waals surface area contributed by atoms with E-state index in [1.807, 2.05) is 30.3 Å². The van der Waals surface area contributed by atoms with Gasteiger partial charge in [-0.1, -0.05) is 36.1 Å². The van der Waals surface area contributed by atoms with Gasteiger partial charge in [0.05, 0.1) is 19.0 Å². The Balaban J connectivity index is 0.000000891. The third-order valence-electron chi connectivity index (χ3n) is 2.58. The second-order valence-electron chi connectivity index (χ2n) is 4.50. The molecule has 0 atom stereocenters. The molecule has 24 heavy (non-hydrogen) atoms. The quantitative estimate of drug-likeness (QED) is 0.257. The first-order valence-corrected chi connectivity index (χ1v) is 13.3. The van der Waals surface area contributed by atoms with Crippen LogP contribution < -0.4 is 15.3 Å². The van der Waals surface area contributed by atoms with Crippen molar-refractivity contribution < 1.29 is 9.84 Å². The van der Waals surface area contributed by atoms with Crippen molar-refractivity contribution in [1.82, 2.24) is 5.43 Å². The number of methoxy groups -OCH3 is 1. The predicted octanol–water partition coefficient (Wildman–Crippen LogP) is 2.71. The van der Waals surface area contributed by atoms with Crippen LogP contribution in [0, 0.1) is 0 Å². The van der Waals surface area contributed by atoms with Crippen LogP contribution in [0.1, 0.15) is 5.56 Å². The van der Waals surface area contributed by atoms with E-state index in [2.05, 4.69) is 25.4 Å². The molecule has 0 bridgehead atoms. The van der Waals surface area contributed by atoms with Crippen molar-refractivity contribution in [3.8, 4) is 11.5 Å². The van der Waals surface area contributed by atoms with Crippen LogP contribution in [0.2, 0.25) is 9.88 Å². The summed E-state index contributed by atoms with van der Waals surface area (Å²) in [6.07, 6.45) is 1.39. The molecule has 0 aliphatic heterocycles. The predicted molar refractivity (Wildman–Crippen MR) is 102 cm³/mol. The van der Waals surface area contributed by atoms with Crippen molar-refractivity contribution in [1.29, 1.82) is 0 Å². The minimum absolute atomic E-state index is 0.216. The van der Waals surface area contributed by atoms with Gasteiger partial charge in [-0.3, -0.25) is 10.4 Å². The molecule has 0 unspecified atom stereocenters. The van der Waals surface area contributed by atoms with Crippen LogP contribution in [0.15, 0.2) is 58.6 Å². The average molecular weight is 448 g/mol. The zero-order valence-corrected chi connectivity index (χ0v) is 17.5. The Bertz CT molecular complexity index is 679. The van der Waals surface area contributed by atoms with Crippen molar-refractivity contribution >= 4 is 50.8 Å². The molecule has 0 fully saturated rings. The van der Waals surface area contributed by atoms with Crippen molar-refractivity contribution in [3.63, 3.8) is 0 Å². The fourth-order valence-corrected chi connectivity index (χ4v) is 1.76. The van der Waals surface area contributed by atoms with E-state index in [9.17, 15) is 5.11 Å². The molecule has 5 nitrogen and oxygen atoms in total. The Labute approximate surface area is 158 Å². The van der Waals surface area contributed by atoms with E-state index in [1.165, 1.54) is 13.3 Å². The van der Waals surface area contributed by atoms with E-state index in [0.717, 1.165) is 5.69 Å². The number of hydrogen-bond donors (Lipinski definition) is 1. The average Bonchev–Trinajstić information content (AvgIpc) is 2.58.